The van der Waals surface area contributed by atoms with Crippen LogP contribution < -0.4 is 10.2 Å². The molecule has 5 nitrogen and oxygen atoms in total. The van der Waals surface area contributed by atoms with Gasteiger partial charge >= 0.3 is 0 Å². The van der Waals surface area contributed by atoms with Gasteiger partial charge < -0.3 is 15.3 Å². The van der Waals surface area contributed by atoms with Gasteiger partial charge in [0.1, 0.15) is 0 Å². The molecule has 1 saturated heterocycles. The summed E-state index contributed by atoms with van der Waals surface area (Å²) in [4.78, 5) is 18.1. The highest BCUT2D eigenvalue weighted by molar-refractivity contribution is 5.90. The molecule has 178 valence electrons. The van der Waals surface area contributed by atoms with Crippen LogP contribution in [0.2, 0.25) is 0 Å². The zero-order chi connectivity index (χ0) is 24.0. The van der Waals surface area contributed by atoms with Gasteiger partial charge in [-0.3, -0.25) is 9.69 Å². The van der Waals surface area contributed by atoms with Crippen molar-refractivity contribution in [2.75, 3.05) is 44.2 Å². The molecule has 0 atom stereocenters. The number of aliphatic hydroxyl groups is 1. The SMILES string of the molecule is Cc1ccc(N2CCN(CCCNC(=O)C(O)(c3ccccc3)c3ccccc3)CC2)c(C)c1. The molecule has 1 fully saturated rings. The summed E-state index contributed by atoms with van der Waals surface area (Å²) in [6.07, 6.45) is 0.842. The third-order valence-electron chi connectivity index (χ3n) is 6.71. The third kappa shape index (κ3) is 5.32. The Labute approximate surface area is 203 Å². The fourth-order valence-corrected chi connectivity index (χ4v) is 4.79. The first-order chi connectivity index (χ1) is 16.5. The first kappa shape index (κ1) is 24.0. The molecule has 0 aromatic heterocycles. The number of aryl methyl sites for hydroxylation is 2. The summed E-state index contributed by atoms with van der Waals surface area (Å²) in [6.45, 7) is 9.82. The Hall–Kier alpha value is -3.15. The van der Waals surface area contributed by atoms with E-state index in [4.69, 9.17) is 0 Å². The number of benzene rings is 3. The molecule has 0 bridgehead atoms. The molecule has 1 heterocycles. The number of hydrogen-bond donors (Lipinski definition) is 2. The second kappa shape index (κ2) is 10.9. The predicted molar refractivity (Wildman–Crippen MR) is 138 cm³/mol. The van der Waals surface area contributed by atoms with Gasteiger partial charge in [0.2, 0.25) is 0 Å². The van der Waals surface area contributed by atoms with Gasteiger partial charge in [-0.15, -0.1) is 0 Å². The van der Waals surface area contributed by atoms with Crippen LogP contribution in [0.25, 0.3) is 0 Å². The Kier molecular flexibility index (Phi) is 7.66. The van der Waals surface area contributed by atoms with Gasteiger partial charge in [0, 0.05) is 38.4 Å². The Balaban J connectivity index is 1.29. The highest BCUT2D eigenvalue weighted by atomic mass is 16.3. The number of nitrogens with zero attached hydrogens (tertiary/aromatic N) is 2. The zero-order valence-corrected chi connectivity index (χ0v) is 20.2. The van der Waals surface area contributed by atoms with Crippen LogP contribution >= 0.6 is 0 Å². The lowest BCUT2D eigenvalue weighted by Gasteiger charge is -2.37. The summed E-state index contributed by atoms with van der Waals surface area (Å²) in [5, 5.41) is 14.5. The van der Waals surface area contributed by atoms with E-state index < -0.39 is 5.60 Å². The molecule has 1 aliphatic heterocycles. The molecule has 0 radical (unpaired) electrons. The van der Waals surface area contributed by atoms with E-state index in [2.05, 4.69) is 47.2 Å². The normalized spacial score (nSPS) is 14.7. The highest BCUT2D eigenvalue weighted by Crippen LogP contribution is 2.30. The Bertz CT molecular complexity index is 1040. The van der Waals surface area contributed by atoms with Gasteiger partial charge in [-0.25, -0.2) is 0 Å². The van der Waals surface area contributed by atoms with Crippen molar-refractivity contribution in [3.05, 3.63) is 101 Å². The van der Waals surface area contributed by atoms with E-state index in [1.165, 1.54) is 16.8 Å². The van der Waals surface area contributed by atoms with Crippen molar-refractivity contribution in [1.82, 2.24) is 10.2 Å². The molecule has 3 aromatic carbocycles. The van der Waals surface area contributed by atoms with Crippen molar-refractivity contribution in [2.45, 2.75) is 25.9 Å². The summed E-state index contributed by atoms with van der Waals surface area (Å²) >= 11 is 0. The Morgan fingerprint density at radius 2 is 1.47 bits per heavy atom. The van der Waals surface area contributed by atoms with E-state index in [1.54, 1.807) is 24.3 Å². The third-order valence-corrected chi connectivity index (χ3v) is 6.71. The van der Waals surface area contributed by atoms with Gasteiger partial charge in [-0.1, -0.05) is 78.4 Å². The number of carbonyl (C=O) groups is 1. The van der Waals surface area contributed by atoms with Crippen molar-refractivity contribution >= 4 is 11.6 Å². The molecule has 4 rings (SSSR count). The molecule has 1 amide bonds. The van der Waals surface area contributed by atoms with Crippen molar-refractivity contribution in [3.63, 3.8) is 0 Å². The van der Waals surface area contributed by atoms with E-state index in [-0.39, 0.29) is 5.91 Å². The van der Waals surface area contributed by atoms with Gasteiger partial charge in [0.05, 0.1) is 0 Å². The quantitative estimate of drug-likeness (QED) is 0.504. The second-order valence-corrected chi connectivity index (χ2v) is 9.17. The average Bonchev–Trinajstić information content (AvgIpc) is 2.87. The average molecular weight is 458 g/mol. The van der Waals surface area contributed by atoms with Crippen LogP contribution in [0.15, 0.2) is 78.9 Å². The molecule has 1 aliphatic rings. The first-order valence-electron chi connectivity index (χ1n) is 12.1. The standard InChI is InChI=1S/C29H35N3O2/c1-23-14-15-27(24(2)22-23)32-20-18-31(19-21-32)17-9-16-30-28(33)29(34,25-10-5-3-6-11-25)26-12-7-4-8-13-26/h3-8,10-15,22,34H,9,16-21H2,1-2H3,(H,30,33). The number of hydrogen-bond acceptors (Lipinski definition) is 4. The smallest absolute Gasteiger partial charge is 0.261 e. The minimum Gasteiger partial charge on any atom is -0.372 e. The Morgan fingerprint density at radius 1 is 0.882 bits per heavy atom. The number of piperazine rings is 1. The number of anilines is 1. The number of carbonyl (C=O) groups excluding carboxylic acids is 1. The summed E-state index contributed by atoms with van der Waals surface area (Å²) in [5.41, 5.74) is 3.40. The van der Waals surface area contributed by atoms with Gasteiger partial charge in [-0.05, 0) is 49.6 Å². The fourth-order valence-electron chi connectivity index (χ4n) is 4.79. The largest absolute Gasteiger partial charge is 0.372 e. The number of rotatable bonds is 8. The van der Waals surface area contributed by atoms with Crippen molar-refractivity contribution in [2.24, 2.45) is 0 Å². The van der Waals surface area contributed by atoms with E-state index >= 15 is 0 Å². The molecule has 0 saturated carbocycles. The first-order valence-corrected chi connectivity index (χ1v) is 12.1. The lowest BCUT2D eigenvalue weighted by molar-refractivity contribution is -0.136. The van der Waals surface area contributed by atoms with Crippen LogP contribution in [0.3, 0.4) is 0 Å². The Morgan fingerprint density at radius 3 is 2.03 bits per heavy atom. The molecular formula is C29H35N3O2. The van der Waals surface area contributed by atoms with Crippen molar-refractivity contribution < 1.29 is 9.90 Å². The molecule has 5 heteroatoms. The molecule has 2 N–H and O–H groups in total. The number of amides is 1. The fraction of sp³-hybridized carbons (Fsp3) is 0.345. The van der Waals surface area contributed by atoms with Crippen molar-refractivity contribution in [1.29, 1.82) is 0 Å². The maximum Gasteiger partial charge on any atom is 0.261 e. The van der Waals surface area contributed by atoms with Crippen LogP contribution in [0, 0.1) is 13.8 Å². The molecule has 3 aromatic rings. The monoisotopic (exact) mass is 457 g/mol. The van der Waals surface area contributed by atoms with E-state index in [0.29, 0.717) is 17.7 Å². The molecular weight excluding hydrogens is 422 g/mol. The van der Waals surface area contributed by atoms with E-state index in [0.717, 1.165) is 39.1 Å². The molecule has 34 heavy (non-hydrogen) atoms. The number of nitrogens with one attached hydrogen (secondary N) is 1. The topological polar surface area (TPSA) is 55.8 Å². The zero-order valence-electron chi connectivity index (χ0n) is 20.2. The van der Waals surface area contributed by atoms with Crippen LogP contribution in [-0.2, 0) is 10.4 Å². The summed E-state index contributed by atoms with van der Waals surface area (Å²) < 4.78 is 0. The minimum absolute atomic E-state index is 0.385. The highest BCUT2D eigenvalue weighted by Gasteiger charge is 2.39. The predicted octanol–water partition coefficient (Wildman–Crippen LogP) is 3.87. The molecule has 0 aliphatic carbocycles. The van der Waals surface area contributed by atoms with Gasteiger partial charge in [0.15, 0.2) is 5.60 Å². The molecule has 0 unspecified atom stereocenters. The summed E-state index contributed by atoms with van der Waals surface area (Å²) in [7, 11) is 0. The van der Waals surface area contributed by atoms with Crippen LogP contribution in [0.4, 0.5) is 5.69 Å². The van der Waals surface area contributed by atoms with E-state index in [1.807, 2.05) is 36.4 Å². The summed E-state index contributed by atoms with van der Waals surface area (Å²) in [6, 6.07) is 25.0. The van der Waals surface area contributed by atoms with Crippen LogP contribution in [-0.4, -0.2) is 55.2 Å². The van der Waals surface area contributed by atoms with Gasteiger partial charge in [-0.2, -0.15) is 0 Å². The van der Waals surface area contributed by atoms with E-state index in [9.17, 15) is 9.90 Å². The molecule has 0 spiro atoms. The second-order valence-electron chi connectivity index (χ2n) is 9.17. The maximum atomic E-state index is 13.2. The minimum atomic E-state index is -1.71. The summed E-state index contributed by atoms with van der Waals surface area (Å²) in [5.74, 6) is -0.385. The lowest BCUT2D eigenvalue weighted by Crippen LogP contribution is -2.48. The maximum absolute atomic E-state index is 13.2. The van der Waals surface area contributed by atoms with Crippen molar-refractivity contribution in [3.8, 4) is 0 Å². The lowest BCUT2D eigenvalue weighted by atomic mass is 9.85. The van der Waals surface area contributed by atoms with Crippen LogP contribution in [0.1, 0.15) is 28.7 Å². The van der Waals surface area contributed by atoms with Crippen LogP contribution in [0.5, 0.6) is 0 Å². The van der Waals surface area contributed by atoms with Gasteiger partial charge in [0.25, 0.3) is 5.91 Å².